The second kappa shape index (κ2) is 5.95. The zero-order valence-corrected chi connectivity index (χ0v) is 10.7. The third-order valence-electron chi connectivity index (χ3n) is 2.76. The predicted molar refractivity (Wildman–Crippen MR) is 71.5 cm³/mol. The van der Waals surface area contributed by atoms with Crippen LogP contribution in [-0.2, 0) is 17.9 Å². The van der Waals surface area contributed by atoms with Gasteiger partial charge in [-0.25, -0.2) is 0 Å². The van der Waals surface area contributed by atoms with E-state index < -0.39 is 0 Å². The molecular formula is C14H15N3O2. The Kier molecular flexibility index (Phi) is 4.07. The highest BCUT2D eigenvalue weighted by Gasteiger charge is 2.05. The fourth-order valence-electron chi connectivity index (χ4n) is 1.69. The van der Waals surface area contributed by atoms with Crippen LogP contribution in [0, 0.1) is 6.92 Å². The van der Waals surface area contributed by atoms with Gasteiger partial charge in [-0.15, -0.1) is 0 Å². The van der Waals surface area contributed by atoms with Crippen molar-refractivity contribution >= 4 is 5.91 Å². The first-order chi connectivity index (χ1) is 9.16. The molecule has 5 nitrogen and oxygen atoms in total. The standard InChI is InChI=1S/C14H15N3O2/c1-11-3-2-8-17(14(11)19)10-13(18)16-9-12-4-6-15-7-5-12/h2-8H,9-10H2,1H3,(H,16,18). The van der Waals surface area contributed by atoms with E-state index in [9.17, 15) is 9.59 Å². The molecule has 0 atom stereocenters. The number of carbonyl (C=O) groups excluding carboxylic acids is 1. The summed E-state index contributed by atoms with van der Waals surface area (Å²) in [7, 11) is 0. The van der Waals surface area contributed by atoms with E-state index >= 15 is 0 Å². The Hall–Kier alpha value is -2.43. The third kappa shape index (κ3) is 3.51. The molecule has 5 heteroatoms. The van der Waals surface area contributed by atoms with Crippen molar-refractivity contribution in [1.29, 1.82) is 0 Å². The van der Waals surface area contributed by atoms with Crippen LogP contribution < -0.4 is 10.9 Å². The van der Waals surface area contributed by atoms with Gasteiger partial charge < -0.3 is 9.88 Å². The van der Waals surface area contributed by atoms with E-state index in [-0.39, 0.29) is 18.0 Å². The Morgan fingerprint density at radius 3 is 2.79 bits per heavy atom. The van der Waals surface area contributed by atoms with E-state index in [0.717, 1.165) is 5.56 Å². The van der Waals surface area contributed by atoms with Crippen LogP contribution in [-0.4, -0.2) is 15.5 Å². The Labute approximate surface area is 110 Å². The van der Waals surface area contributed by atoms with E-state index in [1.807, 2.05) is 12.1 Å². The minimum atomic E-state index is -0.190. The van der Waals surface area contributed by atoms with E-state index in [1.54, 1.807) is 37.6 Å². The van der Waals surface area contributed by atoms with Crippen molar-refractivity contribution in [2.75, 3.05) is 0 Å². The van der Waals surface area contributed by atoms with Crippen LogP contribution in [0.1, 0.15) is 11.1 Å². The van der Waals surface area contributed by atoms with Crippen molar-refractivity contribution in [3.8, 4) is 0 Å². The summed E-state index contributed by atoms with van der Waals surface area (Å²) in [6.45, 7) is 2.20. The summed E-state index contributed by atoms with van der Waals surface area (Å²) in [6, 6.07) is 7.15. The summed E-state index contributed by atoms with van der Waals surface area (Å²) in [4.78, 5) is 27.4. The number of aromatic nitrogens is 2. The van der Waals surface area contributed by atoms with Crippen LogP contribution in [0.15, 0.2) is 47.7 Å². The van der Waals surface area contributed by atoms with Crippen molar-refractivity contribution < 1.29 is 4.79 Å². The quantitative estimate of drug-likeness (QED) is 0.884. The highest BCUT2D eigenvalue weighted by molar-refractivity contribution is 5.75. The summed E-state index contributed by atoms with van der Waals surface area (Å²) in [5.41, 5.74) is 1.46. The van der Waals surface area contributed by atoms with Crippen LogP contribution in [0.2, 0.25) is 0 Å². The first-order valence-corrected chi connectivity index (χ1v) is 5.98. The molecule has 19 heavy (non-hydrogen) atoms. The van der Waals surface area contributed by atoms with Crippen molar-refractivity contribution in [2.45, 2.75) is 20.0 Å². The maximum Gasteiger partial charge on any atom is 0.253 e. The molecule has 0 saturated heterocycles. The number of nitrogens with one attached hydrogen (secondary N) is 1. The number of carbonyl (C=O) groups is 1. The van der Waals surface area contributed by atoms with Gasteiger partial charge in [0.15, 0.2) is 0 Å². The molecule has 2 rings (SSSR count). The number of aryl methyl sites for hydroxylation is 1. The molecule has 0 aromatic carbocycles. The summed E-state index contributed by atoms with van der Waals surface area (Å²) >= 11 is 0. The molecule has 1 amide bonds. The third-order valence-corrected chi connectivity index (χ3v) is 2.76. The first kappa shape index (κ1) is 13.0. The van der Waals surface area contributed by atoms with Crippen molar-refractivity contribution in [2.24, 2.45) is 0 Å². The summed E-state index contributed by atoms with van der Waals surface area (Å²) in [5.74, 6) is -0.190. The van der Waals surface area contributed by atoms with Gasteiger partial charge >= 0.3 is 0 Å². The number of hydrogen-bond acceptors (Lipinski definition) is 3. The molecule has 0 aliphatic carbocycles. The lowest BCUT2D eigenvalue weighted by atomic mass is 10.2. The predicted octanol–water partition coefficient (Wildman–Crippen LogP) is 0.868. The zero-order valence-electron chi connectivity index (χ0n) is 10.7. The van der Waals surface area contributed by atoms with Crippen molar-refractivity contribution in [3.05, 3.63) is 64.3 Å². The van der Waals surface area contributed by atoms with Crippen LogP contribution in [0.4, 0.5) is 0 Å². The molecule has 0 unspecified atom stereocenters. The molecule has 0 fully saturated rings. The lowest BCUT2D eigenvalue weighted by Crippen LogP contribution is -2.32. The number of hydrogen-bond donors (Lipinski definition) is 1. The Balaban J connectivity index is 1.95. The monoisotopic (exact) mass is 257 g/mol. The number of rotatable bonds is 4. The zero-order chi connectivity index (χ0) is 13.7. The molecule has 0 aliphatic rings. The summed E-state index contributed by atoms with van der Waals surface area (Å²) in [6.07, 6.45) is 4.96. The lowest BCUT2D eigenvalue weighted by molar-refractivity contribution is -0.121. The largest absolute Gasteiger partial charge is 0.350 e. The van der Waals surface area contributed by atoms with Crippen molar-refractivity contribution in [1.82, 2.24) is 14.9 Å². The van der Waals surface area contributed by atoms with E-state index in [0.29, 0.717) is 12.1 Å². The number of nitrogens with zero attached hydrogens (tertiary/aromatic N) is 2. The van der Waals surface area contributed by atoms with Gasteiger partial charge in [-0.3, -0.25) is 14.6 Å². The average Bonchev–Trinajstić information content (AvgIpc) is 2.43. The SMILES string of the molecule is Cc1cccn(CC(=O)NCc2ccncc2)c1=O. The lowest BCUT2D eigenvalue weighted by Gasteiger charge is -2.07. The summed E-state index contributed by atoms with van der Waals surface area (Å²) < 4.78 is 1.40. The Morgan fingerprint density at radius 1 is 1.32 bits per heavy atom. The molecule has 2 aromatic heterocycles. The minimum Gasteiger partial charge on any atom is -0.350 e. The second-order valence-corrected chi connectivity index (χ2v) is 4.26. The average molecular weight is 257 g/mol. The molecule has 1 N–H and O–H groups in total. The topological polar surface area (TPSA) is 64.0 Å². The fourth-order valence-corrected chi connectivity index (χ4v) is 1.69. The van der Waals surface area contributed by atoms with Gasteiger partial charge in [0.25, 0.3) is 5.56 Å². The van der Waals surface area contributed by atoms with Gasteiger partial charge in [0, 0.05) is 30.7 Å². The van der Waals surface area contributed by atoms with Gasteiger partial charge in [-0.2, -0.15) is 0 Å². The highest BCUT2D eigenvalue weighted by Crippen LogP contribution is 1.95. The Bertz CT molecular complexity index is 620. The van der Waals surface area contributed by atoms with Crippen molar-refractivity contribution in [3.63, 3.8) is 0 Å². The summed E-state index contributed by atoms with van der Waals surface area (Å²) in [5, 5.41) is 2.77. The molecular weight excluding hydrogens is 242 g/mol. The van der Waals surface area contributed by atoms with E-state index in [2.05, 4.69) is 10.3 Å². The minimum absolute atomic E-state index is 0.0333. The van der Waals surface area contributed by atoms with Crippen LogP contribution in [0.3, 0.4) is 0 Å². The first-order valence-electron chi connectivity index (χ1n) is 5.98. The maximum atomic E-state index is 11.8. The molecule has 0 radical (unpaired) electrons. The molecule has 2 heterocycles. The van der Waals surface area contributed by atoms with E-state index in [1.165, 1.54) is 4.57 Å². The molecule has 0 bridgehead atoms. The normalized spacial score (nSPS) is 10.2. The molecule has 0 spiro atoms. The van der Waals surface area contributed by atoms with Crippen LogP contribution in [0.5, 0.6) is 0 Å². The van der Waals surface area contributed by atoms with Gasteiger partial charge in [0.05, 0.1) is 0 Å². The molecule has 0 saturated carbocycles. The Morgan fingerprint density at radius 2 is 2.05 bits per heavy atom. The van der Waals surface area contributed by atoms with Gasteiger partial charge in [-0.1, -0.05) is 6.07 Å². The van der Waals surface area contributed by atoms with Crippen LogP contribution >= 0.6 is 0 Å². The second-order valence-electron chi connectivity index (χ2n) is 4.26. The fraction of sp³-hybridized carbons (Fsp3) is 0.214. The van der Waals surface area contributed by atoms with Gasteiger partial charge in [0.1, 0.15) is 6.54 Å². The number of pyridine rings is 2. The maximum absolute atomic E-state index is 11.8. The van der Waals surface area contributed by atoms with Gasteiger partial charge in [-0.05, 0) is 30.7 Å². The smallest absolute Gasteiger partial charge is 0.253 e. The number of amides is 1. The van der Waals surface area contributed by atoms with Gasteiger partial charge in [0.2, 0.25) is 5.91 Å². The molecule has 2 aromatic rings. The highest BCUT2D eigenvalue weighted by atomic mass is 16.2. The molecule has 98 valence electrons. The van der Waals surface area contributed by atoms with E-state index in [4.69, 9.17) is 0 Å². The molecule has 0 aliphatic heterocycles. The van der Waals surface area contributed by atoms with Crippen LogP contribution in [0.25, 0.3) is 0 Å².